The molecule has 0 aliphatic carbocycles. The van der Waals surface area contributed by atoms with Crippen LogP contribution in [0.2, 0.25) is 5.15 Å². The lowest BCUT2D eigenvalue weighted by molar-refractivity contribution is 0.0954. The Bertz CT molecular complexity index is 1350. The first-order chi connectivity index (χ1) is 19.1. The molecule has 9 heteroatoms. The van der Waals surface area contributed by atoms with Crippen LogP contribution in [-0.4, -0.2) is 58.5 Å². The highest BCUT2D eigenvalue weighted by Crippen LogP contribution is 2.25. The number of pyridine rings is 1. The number of aromatic nitrogens is 3. The van der Waals surface area contributed by atoms with Gasteiger partial charge in [-0.05, 0) is 35.4 Å². The van der Waals surface area contributed by atoms with Gasteiger partial charge < -0.3 is 10.2 Å². The fourth-order valence-corrected chi connectivity index (χ4v) is 5.48. The maximum Gasteiger partial charge on any atom is 0.251 e. The highest BCUT2D eigenvalue weighted by atomic mass is 35.5. The first-order valence-electron chi connectivity index (χ1n) is 13.1. The molecule has 1 saturated heterocycles. The first kappa shape index (κ1) is 27.1. The van der Waals surface area contributed by atoms with E-state index >= 15 is 0 Å². The molecule has 1 N–H and O–H groups in total. The zero-order valence-corrected chi connectivity index (χ0v) is 23.2. The van der Waals surface area contributed by atoms with Crippen molar-refractivity contribution in [1.82, 2.24) is 25.2 Å². The number of nitrogens with one attached hydrogen (secondary N) is 1. The molecule has 0 radical (unpaired) electrons. The van der Waals surface area contributed by atoms with Crippen LogP contribution in [0.3, 0.4) is 0 Å². The van der Waals surface area contributed by atoms with Crippen LogP contribution in [0.1, 0.15) is 27.2 Å². The maximum absolute atomic E-state index is 12.5. The van der Waals surface area contributed by atoms with Crippen molar-refractivity contribution in [1.29, 1.82) is 0 Å². The Morgan fingerprint density at radius 3 is 2.41 bits per heavy atom. The van der Waals surface area contributed by atoms with E-state index in [0.717, 1.165) is 49.8 Å². The molecular weight excluding hydrogens is 528 g/mol. The summed E-state index contributed by atoms with van der Waals surface area (Å²) in [5.41, 5.74) is 4.02. The van der Waals surface area contributed by atoms with Crippen LogP contribution in [0.4, 0.5) is 5.82 Å². The molecule has 0 atom stereocenters. The van der Waals surface area contributed by atoms with E-state index in [0.29, 0.717) is 34.6 Å². The molecule has 7 nitrogen and oxygen atoms in total. The van der Waals surface area contributed by atoms with Gasteiger partial charge in [-0.25, -0.2) is 9.97 Å². The quantitative estimate of drug-likeness (QED) is 0.165. The molecule has 0 spiro atoms. The molecule has 2 aromatic heterocycles. The fraction of sp³-hybridized carbons (Fsp3) is 0.267. The van der Waals surface area contributed by atoms with E-state index < -0.39 is 0 Å². The van der Waals surface area contributed by atoms with E-state index in [1.807, 2.05) is 48.5 Å². The van der Waals surface area contributed by atoms with Crippen molar-refractivity contribution >= 4 is 35.1 Å². The van der Waals surface area contributed by atoms with E-state index in [1.165, 1.54) is 5.56 Å². The number of nitrogens with zero attached hydrogens (tertiary/aromatic N) is 5. The van der Waals surface area contributed by atoms with Gasteiger partial charge in [-0.3, -0.25) is 14.7 Å². The number of hydrogen-bond acceptors (Lipinski definition) is 7. The second-order valence-corrected chi connectivity index (χ2v) is 10.7. The summed E-state index contributed by atoms with van der Waals surface area (Å²) in [4.78, 5) is 30.7. The van der Waals surface area contributed by atoms with Gasteiger partial charge in [-0.2, -0.15) is 0 Å². The van der Waals surface area contributed by atoms with Crippen LogP contribution in [0.5, 0.6) is 0 Å². The minimum absolute atomic E-state index is 0.0863. The summed E-state index contributed by atoms with van der Waals surface area (Å²) in [6.45, 7) is 5.26. The number of halogens is 1. The smallest absolute Gasteiger partial charge is 0.251 e. The normalized spacial score (nSPS) is 13.8. The number of amides is 1. The third-order valence-electron chi connectivity index (χ3n) is 6.58. The summed E-state index contributed by atoms with van der Waals surface area (Å²) < 4.78 is 0. The van der Waals surface area contributed by atoms with E-state index in [1.54, 1.807) is 18.0 Å². The molecule has 1 fully saturated rings. The second kappa shape index (κ2) is 13.6. The van der Waals surface area contributed by atoms with Crippen molar-refractivity contribution in [2.24, 2.45) is 0 Å². The number of thioether (sulfide) groups is 1. The van der Waals surface area contributed by atoms with Crippen molar-refractivity contribution in [3.8, 4) is 0 Å². The fourth-order valence-electron chi connectivity index (χ4n) is 4.44. The van der Waals surface area contributed by atoms with Gasteiger partial charge in [0.15, 0.2) is 5.16 Å². The molecular formula is C30H31ClN6OS. The van der Waals surface area contributed by atoms with Crippen molar-refractivity contribution in [2.45, 2.75) is 23.9 Å². The third kappa shape index (κ3) is 8.02. The van der Waals surface area contributed by atoms with Crippen molar-refractivity contribution in [3.05, 3.63) is 113 Å². The Kier molecular flexibility index (Phi) is 9.43. The van der Waals surface area contributed by atoms with E-state index in [2.05, 4.69) is 55.4 Å². The lowest BCUT2D eigenvalue weighted by Crippen LogP contribution is -2.46. The molecule has 200 valence electrons. The molecule has 0 bridgehead atoms. The molecule has 1 aliphatic rings. The molecule has 1 aliphatic heterocycles. The average Bonchev–Trinajstić information content (AvgIpc) is 2.97. The number of carbonyl (C=O) groups is 1. The SMILES string of the molecule is O=C(NCCc1ccccn1)c1ccc(CSc2nc(Cl)cc(N3CCN(Cc4ccccc4)CC3)n2)cc1. The molecule has 0 saturated carbocycles. The van der Waals surface area contributed by atoms with Crippen molar-refractivity contribution in [2.75, 3.05) is 37.6 Å². The number of piperazine rings is 1. The van der Waals surface area contributed by atoms with Gasteiger partial charge in [0.05, 0.1) is 0 Å². The van der Waals surface area contributed by atoms with Gasteiger partial charge in [0.2, 0.25) is 0 Å². The van der Waals surface area contributed by atoms with Crippen molar-refractivity contribution < 1.29 is 4.79 Å². The van der Waals surface area contributed by atoms with E-state index in [4.69, 9.17) is 16.6 Å². The van der Waals surface area contributed by atoms with Gasteiger partial charge in [0.25, 0.3) is 5.91 Å². The maximum atomic E-state index is 12.5. The standard InChI is InChI=1S/C30H31ClN6OS/c31-27-20-28(37-18-16-36(17-19-37)21-23-6-2-1-3-7-23)35-30(34-27)39-22-24-9-11-25(12-10-24)29(38)33-15-13-26-8-4-5-14-32-26/h1-12,14,20H,13,15-19,21-22H2,(H,33,38). The van der Waals surface area contributed by atoms with Gasteiger partial charge in [-0.1, -0.05) is 71.9 Å². The van der Waals surface area contributed by atoms with Crippen LogP contribution in [0.15, 0.2) is 90.2 Å². The largest absolute Gasteiger partial charge is 0.354 e. The van der Waals surface area contributed by atoms with Crippen LogP contribution < -0.4 is 10.2 Å². The van der Waals surface area contributed by atoms with Crippen LogP contribution in [0.25, 0.3) is 0 Å². The predicted molar refractivity (Wildman–Crippen MR) is 157 cm³/mol. The summed E-state index contributed by atoms with van der Waals surface area (Å²) in [5.74, 6) is 1.47. The van der Waals surface area contributed by atoms with Gasteiger partial charge in [-0.15, -0.1) is 0 Å². The number of carbonyl (C=O) groups excluding carboxylic acids is 1. The summed E-state index contributed by atoms with van der Waals surface area (Å²) in [6.07, 6.45) is 2.46. The Hall–Kier alpha value is -3.46. The summed E-state index contributed by atoms with van der Waals surface area (Å²) in [6, 6.07) is 25.9. The summed E-state index contributed by atoms with van der Waals surface area (Å²) in [7, 11) is 0. The molecule has 1 amide bonds. The molecule has 4 aromatic rings. The van der Waals surface area contributed by atoms with E-state index in [-0.39, 0.29) is 5.91 Å². The molecule has 0 unspecified atom stereocenters. The Morgan fingerprint density at radius 1 is 0.897 bits per heavy atom. The summed E-state index contributed by atoms with van der Waals surface area (Å²) >= 11 is 7.92. The lowest BCUT2D eigenvalue weighted by Gasteiger charge is -2.35. The zero-order valence-electron chi connectivity index (χ0n) is 21.7. The molecule has 3 heterocycles. The number of anilines is 1. The van der Waals surface area contributed by atoms with E-state index in [9.17, 15) is 4.79 Å². The first-order valence-corrected chi connectivity index (χ1v) is 14.4. The molecule has 5 rings (SSSR count). The average molecular weight is 559 g/mol. The Balaban J connectivity index is 1.10. The molecule has 2 aromatic carbocycles. The number of benzene rings is 2. The third-order valence-corrected chi connectivity index (χ3v) is 7.70. The highest BCUT2D eigenvalue weighted by Gasteiger charge is 2.19. The van der Waals surface area contributed by atoms with Crippen LogP contribution in [0, 0.1) is 0 Å². The summed E-state index contributed by atoms with van der Waals surface area (Å²) in [5, 5.41) is 4.06. The van der Waals surface area contributed by atoms with Crippen molar-refractivity contribution in [3.63, 3.8) is 0 Å². The van der Waals surface area contributed by atoms with Crippen LogP contribution >= 0.6 is 23.4 Å². The highest BCUT2D eigenvalue weighted by molar-refractivity contribution is 7.98. The minimum atomic E-state index is -0.0863. The van der Waals surface area contributed by atoms with Gasteiger partial charge in [0, 0.05) is 75.0 Å². The van der Waals surface area contributed by atoms with Crippen LogP contribution in [-0.2, 0) is 18.7 Å². The predicted octanol–water partition coefficient (Wildman–Crippen LogP) is 5.11. The minimum Gasteiger partial charge on any atom is -0.354 e. The lowest BCUT2D eigenvalue weighted by atomic mass is 10.1. The number of rotatable bonds is 10. The van der Waals surface area contributed by atoms with Gasteiger partial charge in [0.1, 0.15) is 11.0 Å². The monoisotopic (exact) mass is 558 g/mol. The van der Waals surface area contributed by atoms with Gasteiger partial charge >= 0.3 is 0 Å². The zero-order chi connectivity index (χ0) is 26.9. The Labute approximate surface area is 238 Å². The second-order valence-electron chi connectivity index (χ2n) is 9.39. The Morgan fingerprint density at radius 2 is 1.67 bits per heavy atom. The topological polar surface area (TPSA) is 74.2 Å². The number of hydrogen-bond donors (Lipinski definition) is 1. The molecule has 39 heavy (non-hydrogen) atoms.